The third kappa shape index (κ3) is 4.72. The van der Waals surface area contributed by atoms with Gasteiger partial charge in [0.1, 0.15) is 5.75 Å². The number of hydrogen-bond acceptors (Lipinski definition) is 5. The van der Waals surface area contributed by atoms with Gasteiger partial charge in [-0.3, -0.25) is 4.79 Å². The first kappa shape index (κ1) is 19.2. The van der Waals surface area contributed by atoms with E-state index >= 15 is 0 Å². The molecule has 0 aromatic heterocycles. The summed E-state index contributed by atoms with van der Waals surface area (Å²) in [5.74, 6) is -1.50. The van der Waals surface area contributed by atoms with E-state index in [1.807, 2.05) is 6.92 Å². The molecule has 26 heavy (non-hydrogen) atoms. The topological polar surface area (TPSA) is 73.9 Å². The van der Waals surface area contributed by atoms with Crippen LogP contribution in [0.1, 0.15) is 24.2 Å². The molecule has 2 rings (SSSR count). The van der Waals surface area contributed by atoms with E-state index in [1.54, 1.807) is 24.3 Å². The van der Waals surface area contributed by atoms with Gasteiger partial charge in [0.2, 0.25) is 0 Å². The molecule has 0 aliphatic rings. The van der Waals surface area contributed by atoms with Gasteiger partial charge in [-0.25, -0.2) is 9.18 Å². The molecule has 1 atom stereocenters. The maximum atomic E-state index is 13.7. The Morgan fingerprint density at radius 3 is 2.54 bits per heavy atom. The number of ether oxygens (including phenoxy) is 3. The summed E-state index contributed by atoms with van der Waals surface area (Å²) in [4.78, 5) is 24.4. The quantitative estimate of drug-likeness (QED) is 0.765. The molecule has 0 saturated carbocycles. The number of nitrogens with one attached hydrogen (secondary N) is 1. The van der Waals surface area contributed by atoms with E-state index in [0.29, 0.717) is 18.0 Å². The summed E-state index contributed by atoms with van der Waals surface area (Å²) in [6.07, 6.45) is -1.08. The molecule has 0 fully saturated rings. The fourth-order valence-electron chi connectivity index (χ4n) is 2.16. The van der Waals surface area contributed by atoms with Crippen molar-refractivity contribution in [2.24, 2.45) is 0 Å². The van der Waals surface area contributed by atoms with Crippen molar-refractivity contribution in [1.29, 1.82) is 0 Å². The van der Waals surface area contributed by atoms with Crippen LogP contribution in [0.5, 0.6) is 11.5 Å². The second kappa shape index (κ2) is 8.84. The minimum atomic E-state index is -1.08. The average molecular weight is 361 g/mol. The van der Waals surface area contributed by atoms with Crippen LogP contribution in [0, 0.1) is 5.82 Å². The van der Waals surface area contributed by atoms with Crippen LogP contribution in [0.25, 0.3) is 0 Å². The number of carbonyl (C=O) groups is 2. The minimum absolute atomic E-state index is 0.0138. The molecule has 1 amide bonds. The highest BCUT2D eigenvalue weighted by molar-refractivity contribution is 5.98. The lowest BCUT2D eigenvalue weighted by molar-refractivity contribution is -0.123. The van der Waals surface area contributed by atoms with Gasteiger partial charge in [-0.1, -0.05) is 12.1 Å². The number of rotatable bonds is 7. The molecule has 6 nitrogen and oxygen atoms in total. The Morgan fingerprint density at radius 2 is 1.88 bits per heavy atom. The molecule has 0 bridgehead atoms. The molecule has 2 aromatic rings. The van der Waals surface area contributed by atoms with Gasteiger partial charge >= 0.3 is 5.97 Å². The van der Waals surface area contributed by atoms with E-state index in [9.17, 15) is 14.0 Å². The van der Waals surface area contributed by atoms with Crippen LogP contribution in [-0.2, 0) is 9.53 Å². The molecule has 0 aliphatic heterocycles. The molecule has 0 heterocycles. The molecule has 0 unspecified atom stereocenters. The number of anilines is 1. The normalized spacial score (nSPS) is 11.4. The van der Waals surface area contributed by atoms with Crippen molar-refractivity contribution >= 4 is 17.6 Å². The lowest BCUT2D eigenvalue weighted by atomic mass is 10.2. The van der Waals surface area contributed by atoms with E-state index < -0.39 is 23.8 Å². The van der Waals surface area contributed by atoms with Crippen LogP contribution in [0.2, 0.25) is 0 Å². The zero-order chi connectivity index (χ0) is 19.1. The van der Waals surface area contributed by atoms with Crippen molar-refractivity contribution in [1.82, 2.24) is 0 Å². The molecule has 138 valence electrons. The SMILES string of the molecule is CCOc1ccccc1NC(=O)[C@@H](C)OC(=O)c1ccc(OC)c(F)c1. The molecule has 0 spiro atoms. The van der Waals surface area contributed by atoms with E-state index in [4.69, 9.17) is 14.2 Å². The number of benzene rings is 2. The second-order valence-corrected chi connectivity index (χ2v) is 5.32. The standard InChI is InChI=1S/C19H20FNO5/c1-4-25-17-8-6-5-7-15(17)21-18(22)12(2)26-19(23)13-9-10-16(24-3)14(20)11-13/h5-12H,4H2,1-3H3,(H,21,22)/t12-/m1/s1. The first-order valence-corrected chi connectivity index (χ1v) is 8.03. The number of hydrogen-bond donors (Lipinski definition) is 1. The number of para-hydroxylation sites is 2. The second-order valence-electron chi connectivity index (χ2n) is 5.32. The van der Waals surface area contributed by atoms with Crippen molar-refractivity contribution in [2.45, 2.75) is 20.0 Å². The Morgan fingerprint density at radius 1 is 1.15 bits per heavy atom. The lowest BCUT2D eigenvalue weighted by Crippen LogP contribution is -2.30. The third-order valence-corrected chi connectivity index (χ3v) is 3.49. The van der Waals surface area contributed by atoms with Gasteiger partial charge in [0.05, 0.1) is 25.0 Å². The molecule has 7 heteroatoms. The summed E-state index contributed by atoms with van der Waals surface area (Å²) in [6, 6.07) is 10.6. The highest BCUT2D eigenvalue weighted by Crippen LogP contribution is 2.24. The van der Waals surface area contributed by atoms with Crippen molar-refractivity contribution in [3.05, 3.63) is 53.8 Å². The summed E-state index contributed by atoms with van der Waals surface area (Å²) in [5.41, 5.74) is 0.454. The fourth-order valence-corrected chi connectivity index (χ4v) is 2.16. The van der Waals surface area contributed by atoms with Crippen molar-refractivity contribution < 1.29 is 28.2 Å². The summed E-state index contributed by atoms with van der Waals surface area (Å²) in [7, 11) is 1.32. The monoisotopic (exact) mass is 361 g/mol. The highest BCUT2D eigenvalue weighted by atomic mass is 19.1. The summed E-state index contributed by atoms with van der Waals surface area (Å²) >= 11 is 0. The maximum Gasteiger partial charge on any atom is 0.339 e. The van der Waals surface area contributed by atoms with Crippen LogP contribution in [0.4, 0.5) is 10.1 Å². The van der Waals surface area contributed by atoms with E-state index in [-0.39, 0.29) is 11.3 Å². The molecule has 0 radical (unpaired) electrons. The van der Waals surface area contributed by atoms with Gasteiger partial charge in [-0.05, 0) is 44.2 Å². The summed E-state index contributed by atoms with van der Waals surface area (Å²) in [6.45, 7) is 3.70. The Bertz CT molecular complexity index is 793. The Balaban J connectivity index is 2.02. The minimum Gasteiger partial charge on any atom is -0.494 e. The lowest BCUT2D eigenvalue weighted by Gasteiger charge is -2.15. The van der Waals surface area contributed by atoms with E-state index in [2.05, 4.69) is 5.32 Å². The number of amides is 1. The van der Waals surface area contributed by atoms with Gasteiger partial charge in [0.15, 0.2) is 17.7 Å². The Labute approximate surface area is 150 Å². The van der Waals surface area contributed by atoms with Gasteiger partial charge < -0.3 is 19.5 Å². The third-order valence-electron chi connectivity index (χ3n) is 3.49. The number of esters is 1. The Kier molecular flexibility index (Phi) is 6.54. The van der Waals surface area contributed by atoms with Crippen LogP contribution in [-0.4, -0.2) is 31.7 Å². The van der Waals surface area contributed by atoms with E-state index in [0.717, 1.165) is 6.07 Å². The maximum absolute atomic E-state index is 13.7. The molecule has 2 aromatic carbocycles. The van der Waals surface area contributed by atoms with Gasteiger partial charge in [0, 0.05) is 0 Å². The first-order chi connectivity index (χ1) is 12.5. The molecular weight excluding hydrogens is 341 g/mol. The number of halogens is 1. The summed E-state index contributed by atoms with van der Waals surface area (Å²) < 4.78 is 29.0. The van der Waals surface area contributed by atoms with Gasteiger partial charge in [-0.15, -0.1) is 0 Å². The van der Waals surface area contributed by atoms with Gasteiger partial charge in [0.25, 0.3) is 5.91 Å². The smallest absolute Gasteiger partial charge is 0.339 e. The van der Waals surface area contributed by atoms with Crippen molar-refractivity contribution in [3.63, 3.8) is 0 Å². The predicted molar refractivity (Wildman–Crippen MR) is 94.1 cm³/mol. The van der Waals surface area contributed by atoms with Gasteiger partial charge in [-0.2, -0.15) is 0 Å². The van der Waals surface area contributed by atoms with E-state index in [1.165, 1.54) is 26.2 Å². The summed E-state index contributed by atoms with van der Waals surface area (Å²) in [5, 5.41) is 2.65. The zero-order valence-electron chi connectivity index (χ0n) is 14.7. The van der Waals surface area contributed by atoms with Crippen LogP contribution < -0.4 is 14.8 Å². The largest absolute Gasteiger partial charge is 0.494 e. The number of methoxy groups -OCH3 is 1. The van der Waals surface area contributed by atoms with Crippen LogP contribution in [0.3, 0.4) is 0 Å². The fraction of sp³-hybridized carbons (Fsp3) is 0.263. The van der Waals surface area contributed by atoms with Crippen LogP contribution >= 0.6 is 0 Å². The molecule has 1 N–H and O–H groups in total. The average Bonchev–Trinajstić information content (AvgIpc) is 2.63. The van der Waals surface area contributed by atoms with Crippen LogP contribution in [0.15, 0.2) is 42.5 Å². The molecule has 0 saturated heterocycles. The molecule has 0 aliphatic carbocycles. The molecular formula is C19H20FNO5. The predicted octanol–water partition coefficient (Wildman–Crippen LogP) is 3.42. The highest BCUT2D eigenvalue weighted by Gasteiger charge is 2.21. The zero-order valence-corrected chi connectivity index (χ0v) is 14.7. The number of carbonyl (C=O) groups excluding carboxylic acids is 2. The first-order valence-electron chi connectivity index (χ1n) is 8.03. The van der Waals surface area contributed by atoms with Crippen molar-refractivity contribution in [2.75, 3.05) is 19.0 Å². The van der Waals surface area contributed by atoms with Crippen molar-refractivity contribution in [3.8, 4) is 11.5 Å². The Hall–Kier alpha value is -3.09.